The predicted molar refractivity (Wildman–Crippen MR) is 67.7 cm³/mol. The molecular formula is C14H21NO. The van der Waals surface area contributed by atoms with Crippen LogP contribution in [-0.2, 0) is 0 Å². The quantitative estimate of drug-likeness (QED) is 0.774. The SMILES string of the molecule is CCCCC(N)C(=O)c1cc(C)ccc1C. The van der Waals surface area contributed by atoms with Crippen LogP contribution in [0.4, 0.5) is 0 Å². The molecule has 0 radical (unpaired) electrons. The van der Waals surface area contributed by atoms with Crippen molar-refractivity contribution in [3.05, 3.63) is 34.9 Å². The third-order valence-corrected chi connectivity index (χ3v) is 2.86. The van der Waals surface area contributed by atoms with Crippen LogP contribution < -0.4 is 5.73 Å². The number of Topliss-reactive ketones (excluding diaryl/α,β-unsaturated/α-hetero) is 1. The Morgan fingerprint density at radius 2 is 2.06 bits per heavy atom. The highest BCUT2D eigenvalue weighted by Gasteiger charge is 2.16. The molecule has 88 valence electrons. The molecule has 2 heteroatoms. The van der Waals surface area contributed by atoms with Crippen LogP contribution >= 0.6 is 0 Å². The summed E-state index contributed by atoms with van der Waals surface area (Å²) in [7, 11) is 0. The van der Waals surface area contributed by atoms with E-state index < -0.39 is 0 Å². The van der Waals surface area contributed by atoms with Gasteiger partial charge in [0.2, 0.25) is 0 Å². The first-order valence-corrected chi connectivity index (χ1v) is 5.93. The summed E-state index contributed by atoms with van der Waals surface area (Å²) in [6.45, 7) is 6.06. The second-order valence-corrected chi connectivity index (χ2v) is 4.43. The Labute approximate surface area is 97.9 Å². The largest absolute Gasteiger partial charge is 0.321 e. The first-order valence-electron chi connectivity index (χ1n) is 5.93. The van der Waals surface area contributed by atoms with Crippen LogP contribution in [0.5, 0.6) is 0 Å². The summed E-state index contributed by atoms with van der Waals surface area (Å²) in [5.41, 5.74) is 8.81. The van der Waals surface area contributed by atoms with Gasteiger partial charge in [0.15, 0.2) is 5.78 Å². The Balaban J connectivity index is 2.83. The van der Waals surface area contributed by atoms with Crippen LogP contribution in [0.2, 0.25) is 0 Å². The van der Waals surface area contributed by atoms with Gasteiger partial charge in [-0.25, -0.2) is 0 Å². The number of benzene rings is 1. The van der Waals surface area contributed by atoms with Crippen molar-refractivity contribution in [2.24, 2.45) is 5.73 Å². The van der Waals surface area contributed by atoms with Crippen molar-refractivity contribution in [2.75, 3.05) is 0 Å². The summed E-state index contributed by atoms with van der Waals surface area (Å²) >= 11 is 0. The predicted octanol–water partition coefficient (Wildman–Crippen LogP) is 3.00. The fourth-order valence-electron chi connectivity index (χ4n) is 1.76. The highest BCUT2D eigenvalue weighted by atomic mass is 16.1. The van der Waals surface area contributed by atoms with E-state index in [9.17, 15) is 4.79 Å². The second-order valence-electron chi connectivity index (χ2n) is 4.43. The fourth-order valence-corrected chi connectivity index (χ4v) is 1.76. The zero-order valence-electron chi connectivity index (χ0n) is 10.4. The average Bonchev–Trinajstić information content (AvgIpc) is 2.28. The highest BCUT2D eigenvalue weighted by Crippen LogP contribution is 2.14. The van der Waals surface area contributed by atoms with E-state index in [1.54, 1.807) is 0 Å². The summed E-state index contributed by atoms with van der Waals surface area (Å²) < 4.78 is 0. The minimum atomic E-state index is -0.347. The van der Waals surface area contributed by atoms with Crippen LogP contribution in [0.1, 0.15) is 47.7 Å². The van der Waals surface area contributed by atoms with E-state index in [4.69, 9.17) is 5.73 Å². The molecule has 0 saturated heterocycles. The molecule has 0 heterocycles. The van der Waals surface area contributed by atoms with Crippen molar-refractivity contribution in [2.45, 2.75) is 46.1 Å². The van der Waals surface area contributed by atoms with Crippen molar-refractivity contribution < 1.29 is 4.79 Å². The lowest BCUT2D eigenvalue weighted by Gasteiger charge is -2.12. The number of carbonyl (C=O) groups excluding carboxylic acids is 1. The van der Waals surface area contributed by atoms with Gasteiger partial charge in [-0.1, -0.05) is 37.5 Å². The molecule has 1 aromatic carbocycles. The summed E-state index contributed by atoms with van der Waals surface area (Å²) in [4.78, 5) is 12.1. The molecule has 2 nitrogen and oxygen atoms in total. The maximum absolute atomic E-state index is 12.1. The molecule has 0 spiro atoms. The third-order valence-electron chi connectivity index (χ3n) is 2.86. The van der Waals surface area contributed by atoms with E-state index in [-0.39, 0.29) is 11.8 Å². The lowest BCUT2D eigenvalue weighted by Crippen LogP contribution is -2.30. The maximum atomic E-state index is 12.1. The number of aryl methyl sites for hydroxylation is 2. The highest BCUT2D eigenvalue weighted by molar-refractivity contribution is 6.01. The topological polar surface area (TPSA) is 43.1 Å². The Morgan fingerprint density at radius 3 is 2.69 bits per heavy atom. The minimum absolute atomic E-state index is 0.0784. The van der Waals surface area contributed by atoms with E-state index in [0.717, 1.165) is 36.0 Å². The molecule has 0 fully saturated rings. The molecule has 0 aromatic heterocycles. The van der Waals surface area contributed by atoms with Gasteiger partial charge in [-0.3, -0.25) is 4.79 Å². The van der Waals surface area contributed by atoms with E-state index >= 15 is 0 Å². The van der Waals surface area contributed by atoms with Gasteiger partial charge in [-0.15, -0.1) is 0 Å². The van der Waals surface area contributed by atoms with Crippen LogP contribution in [0.25, 0.3) is 0 Å². The van der Waals surface area contributed by atoms with Gasteiger partial charge < -0.3 is 5.73 Å². The van der Waals surface area contributed by atoms with Crippen LogP contribution in [0, 0.1) is 13.8 Å². The third kappa shape index (κ3) is 3.17. The summed E-state index contributed by atoms with van der Waals surface area (Å²) in [5, 5.41) is 0. The molecular weight excluding hydrogens is 198 g/mol. The first-order chi connectivity index (χ1) is 7.56. The zero-order valence-corrected chi connectivity index (χ0v) is 10.4. The molecule has 0 bridgehead atoms. The van der Waals surface area contributed by atoms with Gasteiger partial charge in [0, 0.05) is 5.56 Å². The fraction of sp³-hybridized carbons (Fsp3) is 0.500. The number of unbranched alkanes of at least 4 members (excludes halogenated alkanes) is 1. The number of nitrogens with two attached hydrogens (primary N) is 1. The zero-order chi connectivity index (χ0) is 12.1. The van der Waals surface area contributed by atoms with E-state index in [1.807, 2.05) is 32.0 Å². The monoisotopic (exact) mass is 219 g/mol. The van der Waals surface area contributed by atoms with Crippen molar-refractivity contribution in [1.82, 2.24) is 0 Å². The van der Waals surface area contributed by atoms with Crippen LogP contribution in [0.3, 0.4) is 0 Å². The van der Waals surface area contributed by atoms with E-state index in [1.165, 1.54) is 0 Å². The Hall–Kier alpha value is -1.15. The summed E-state index contributed by atoms with van der Waals surface area (Å²) in [6, 6.07) is 5.59. The van der Waals surface area contributed by atoms with Gasteiger partial charge in [-0.05, 0) is 31.9 Å². The van der Waals surface area contributed by atoms with Gasteiger partial charge >= 0.3 is 0 Å². The minimum Gasteiger partial charge on any atom is -0.321 e. The van der Waals surface area contributed by atoms with E-state index in [2.05, 4.69) is 6.92 Å². The van der Waals surface area contributed by atoms with Crippen LogP contribution in [-0.4, -0.2) is 11.8 Å². The van der Waals surface area contributed by atoms with Gasteiger partial charge in [-0.2, -0.15) is 0 Å². The van der Waals surface area contributed by atoms with Crippen LogP contribution in [0.15, 0.2) is 18.2 Å². The normalized spacial score (nSPS) is 12.5. The molecule has 0 amide bonds. The molecule has 16 heavy (non-hydrogen) atoms. The van der Waals surface area contributed by atoms with Gasteiger partial charge in [0.25, 0.3) is 0 Å². The molecule has 0 aliphatic carbocycles. The van der Waals surface area contributed by atoms with Crippen molar-refractivity contribution in [3.63, 3.8) is 0 Å². The Kier molecular flexibility index (Phi) is 4.69. The Morgan fingerprint density at radius 1 is 1.38 bits per heavy atom. The smallest absolute Gasteiger partial charge is 0.179 e. The standard InChI is InChI=1S/C14H21NO/c1-4-5-6-13(15)14(16)12-9-10(2)7-8-11(12)3/h7-9,13H,4-6,15H2,1-3H3. The number of carbonyl (C=O) groups is 1. The second kappa shape index (κ2) is 5.80. The van der Waals surface area contributed by atoms with E-state index in [0.29, 0.717) is 0 Å². The lowest BCUT2D eigenvalue weighted by molar-refractivity contribution is 0.0955. The number of hydrogen-bond acceptors (Lipinski definition) is 2. The van der Waals surface area contributed by atoms with Crippen molar-refractivity contribution >= 4 is 5.78 Å². The molecule has 1 rings (SSSR count). The lowest BCUT2D eigenvalue weighted by atomic mass is 9.95. The molecule has 1 unspecified atom stereocenters. The summed E-state index contributed by atoms with van der Waals surface area (Å²) in [6.07, 6.45) is 2.87. The van der Waals surface area contributed by atoms with Gasteiger partial charge in [0.1, 0.15) is 0 Å². The molecule has 0 aliphatic rings. The number of ketones is 1. The maximum Gasteiger partial charge on any atom is 0.179 e. The van der Waals surface area contributed by atoms with Gasteiger partial charge in [0.05, 0.1) is 6.04 Å². The molecule has 1 atom stereocenters. The average molecular weight is 219 g/mol. The summed E-state index contributed by atoms with van der Waals surface area (Å²) in [5.74, 6) is 0.0784. The molecule has 0 aliphatic heterocycles. The molecule has 1 aromatic rings. The first kappa shape index (κ1) is 12.9. The Bertz CT molecular complexity index is 371. The molecule has 2 N–H and O–H groups in total. The molecule has 0 saturated carbocycles. The van der Waals surface area contributed by atoms with Crippen molar-refractivity contribution in [3.8, 4) is 0 Å². The number of rotatable bonds is 5. The number of hydrogen-bond donors (Lipinski definition) is 1. The van der Waals surface area contributed by atoms with Crippen molar-refractivity contribution in [1.29, 1.82) is 0 Å².